The highest BCUT2D eigenvalue weighted by molar-refractivity contribution is 5.88. The summed E-state index contributed by atoms with van der Waals surface area (Å²) in [6.07, 6.45) is 9.16. The molecule has 240 valence electrons. The predicted molar refractivity (Wildman–Crippen MR) is 184 cm³/mol. The number of likely N-dealkylation sites (tertiary alicyclic amines) is 1. The van der Waals surface area contributed by atoms with Gasteiger partial charge in [-0.3, -0.25) is 14.6 Å². The highest BCUT2D eigenvalue weighted by Gasteiger charge is 2.49. The van der Waals surface area contributed by atoms with Crippen LogP contribution in [-0.2, 0) is 22.4 Å². The number of carbonyl (C=O) groups is 1. The maximum Gasteiger partial charge on any atom is 0.310 e. The zero-order chi connectivity index (χ0) is 31.3. The molecule has 4 aromatic rings. The normalized spacial score (nSPS) is 34.6. The van der Waals surface area contributed by atoms with Crippen molar-refractivity contribution in [3.63, 3.8) is 0 Å². The summed E-state index contributed by atoms with van der Waals surface area (Å²) in [4.78, 5) is 26.9. The third-order valence-corrected chi connectivity index (χ3v) is 13.2. The number of ether oxygens (including phenoxy) is 1. The number of methoxy groups -OCH3 is 1. The molecule has 0 amide bonds. The van der Waals surface area contributed by atoms with Crippen molar-refractivity contribution in [2.45, 2.75) is 76.3 Å². The summed E-state index contributed by atoms with van der Waals surface area (Å²) in [7, 11) is 3.74. The maximum atomic E-state index is 13.6. The number of aromatic amines is 2. The van der Waals surface area contributed by atoms with Gasteiger partial charge in [0.1, 0.15) is 0 Å². The summed E-state index contributed by atoms with van der Waals surface area (Å²) in [5.74, 6) is 2.30. The average molecular weight is 617 g/mol. The molecule has 6 heterocycles. The van der Waals surface area contributed by atoms with Crippen molar-refractivity contribution in [3.8, 4) is 0 Å². The van der Waals surface area contributed by atoms with Crippen molar-refractivity contribution in [2.75, 3.05) is 33.8 Å². The molecule has 4 aliphatic heterocycles. The summed E-state index contributed by atoms with van der Waals surface area (Å²) < 4.78 is 5.54. The van der Waals surface area contributed by atoms with Crippen molar-refractivity contribution in [2.24, 2.45) is 23.7 Å². The number of esters is 1. The van der Waals surface area contributed by atoms with Crippen LogP contribution in [0.1, 0.15) is 79.4 Å². The second-order valence-corrected chi connectivity index (χ2v) is 15.2. The molecule has 46 heavy (non-hydrogen) atoms. The van der Waals surface area contributed by atoms with Gasteiger partial charge in [-0.1, -0.05) is 55.3 Å². The van der Waals surface area contributed by atoms with Crippen LogP contribution in [0.2, 0.25) is 0 Å². The summed E-state index contributed by atoms with van der Waals surface area (Å²) in [5, 5.41) is 2.70. The Balaban J connectivity index is 1.19. The van der Waals surface area contributed by atoms with Crippen LogP contribution in [0.15, 0.2) is 54.1 Å². The lowest BCUT2D eigenvalue weighted by atomic mass is 9.65. The van der Waals surface area contributed by atoms with E-state index in [2.05, 4.69) is 89.2 Å². The molecule has 4 fully saturated rings. The van der Waals surface area contributed by atoms with Crippen LogP contribution < -0.4 is 0 Å². The van der Waals surface area contributed by atoms with Crippen molar-refractivity contribution in [1.29, 1.82) is 0 Å². The number of nitrogens with one attached hydrogen (secondary N) is 2. The van der Waals surface area contributed by atoms with Gasteiger partial charge in [-0.05, 0) is 92.7 Å². The molecule has 10 rings (SSSR count). The minimum absolute atomic E-state index is 0.0762. The van der Waals surface area contributed by atoms with Gasteiger partial charge >= 0.3 is 5.97 Å². The number of para-hydroxylation sites is 1. The Bertz CT molecular complexity index is 1870. The molecule has 6 heteroatoms. The Morgan fingerprint density at radius 1 is 1.00 bits per heavy atom. The van der Waals surface area contributed by atoms with Crippen LogP contribution in [0.5, 0.6) is 0 Å². The van der Waals surface area contributed by atoms with Gasteiger partial charge in [-0.15, -0.1) is 0 Å². The molecular formula is C40H48N4O2. The second-order valence-electron chi connectivity index (χ2n) is 15.2. The van der Waals surface area contributed by atoms with Gasteiger partial charge in [0, 0.05) is 76.7 Å². The van der Waals surface area contributed by atoms with Crippen molar-refractivity contribution in [3.05, 3.63) is 82.2 Å². The molecule has 9 atom stereocenters. The number of benzene rings is 2. The minimum Gasteiger partial charge on any atom is -0.469 e. The lowest BCUT2D eigenvalue weighted by Gasteiger charge is -2.53. The fourth-order valence-corrected chi connectivity index (χ4v) is 11.2. The number of rotatable bonds is 3. The highest BCUT2D eigenvalue weighted by Crippen LogP contribution is 2.52. The van der Waals surface area contributed by atoms with E-state index in [-0.39, 0.29) is 29.8 Å². The molecule has 3 saturated heterocycles. The number of piperidine rings is 3. The van der Waals surface area contributed by atoms with Gasteiger partial charge in [0.25, 0.3) is 0 Å². The molecule has 6 nitrogen and oxygen atoms in total. The number of nitrogens with zero attached hydrogens (tertiary/aromatic N) is 2. The first-order valence-corrected chi connectivity index (χ1v) is 17.9. The Labute approximate surface area is 272 Å². The predicted octanol–water partition coefficient (Wildman–Crippen LogP) is 7.15. The van der Waals surface area contributed by atoms with E-state index in [0.29, 0.717) is 12.0 Å². The van der Waals surface area contributed by atoms with Crippen LogP contribution in [0, 0.1) is 23.7 Å². The van der Waals surface area contributed by atoms with E-state index in [0.717, 1.165) is 37.6 Å². The fraction of sp³-hybridized carbons (Fsp3) is 0.525. The molecule has 2 aliphatic carbocycles. The first-order chi connectivity index (χ1) is 22.5. The summed E-state index contributed by atoms with van der Waals surface area (Å²) in [5.41, 5.74) is 11.0. The molecular weight excluding hydrogens is 568 g/mol. The number of carbonyl (C=O) groups excluding carboxylic acids is 1. The fourth-order valence-electron chi connectivity index (χ4n) is 11.2. The zero-order valence-corrected chi connectivity index (χ0v) is 27.8. The van der Waals surface area contributed by atoms with E-state index >= 15 is 0 Å². The van der Waals surface area contributed by atoms with Gasteiger partial charge in [0.2, 0.25) is 0 Å². The monoisotopic (exact) mass is 616 g/mol. The van der Waals surface area contributed by atoms with Crippen molar-refractivity contribution in [1.82, 2.24) is 19.8 Å². The standard InChI is InChI=1S/C40H48N4O2/c1-5-23-15-22-16-32-37-28(13-14-44(20-22)39(23)32)27-12-11-25(17-34(27)42-37)30-18-29-24(6-2)21-43(3)35(36(29)40(45)46-4)19-31-26-9-7-8-10-33(26)41-38(30)31/h6-12,17,22-23,29-30,32,35-36,39,41-42H,5,13-16,18-21H2,1-4H3/b24-6-/t22-,23+,29+,30+,32+,35+,36?,39+/m1/s1. The minimum atomic E-state index is -0.194. The number of aromatic nitrogens is 2. The van der Waals surface area contributed by atoms with Crippen molar-refractivity contribution >= 4 is 27.8 Å². The third kappa shape index (κ3) is 4.18. The number of allylic oxidation sites excluding steroid dienone is 1. The maximum absolute atomic E-state index is 13.6. The zero-order valence-electron chi connectivity index (χ0n) is 27.8. The van der Waals surface area contributed by atoms with E-state index in [1.54, 1.807) is 12.7 Å². The lowest BCUT2D eigenvalue weighted by molar-refractivity contribution is -0.151. The molecule has 1 saturated carbocycles. The third-order valence-electron chi connectivity index (χ3n) is 13.2. The molecule has 2 N–H and O–H groups in total. The molecule has 0 spiro atoms. The average Bonchev–Trinajstić information content (AvgIpc) is 3.60. The van der Waals surface area contributed by atoms with Crippen LogP contribution in [0.25, 0.3) is 21.8 Å². The van der Waals surface area contributed by atoms with E-state index < -0.39 is 0 Å². The molecule has 6 bridgehead atoms. The Morgan fingerprint density at radius 2 is 1.83 bits per heavy atom. The van der Waals surface area contributed by atoms with Gasteiger partial charge in [-0.25, -0.2) is 0 Å². The topological polar surface area (TPSA) is 64.4 Å². The number of hydrogen-bond acceptors (Lipinski definition) is 4. The van der Waals surface area contributed by atoms with Gasteiger partial charge in [0.15, 0.2) is 0 Å². The van der Waals surface area contributed by atoms with Gasteiger partial charge in [-0.2, -0.15) is 0 Å². The summed E-state index contributed by atoms with van der Waals surface area (Å²) in [6.45, 7) is 7.93. The molecule has 2 aromatic carbocycles. The number of likely N-dealkylation sites (N-methyl/N-ethyl adjacent to an activating group) is 1. The van der Waals surface area contributed by atoms with E-state index in [1.807, 2.05) is 0 Å². The number of hydrogen-bond donors (Lipinski definition) is 2. The molecule has 0 radical (unpaired) electrons. The van der Waals surface area contributed by atoms with Crippen LogP contribution in [0.4, 0.5) is 0 Å². The first-order valence-electron chi connectivity index (χ1n) is 17.9. The Hall–Kier alpha value is -3.35. The van der Waals surface area contributed by atoms with E-state index in [9.17, 15) is 4.79 Å². The number of H-pyrrole nitrogens is 2. The highest BCUT2D eigenvalue weighted by atomic mass is 16.5. The summed E-state index contributed by atoms with van der Waals surface area (Å²) >= 11 is 0. The largest absolute Gasteiger partial charge is 0.469 e. The van der Waals surface area contributed by atoms with E-state index in [1.165, 1.54) is 82.2 Å². The quantitative estimate of drug-likeness (QED) is 0.190. The Morgan fingerprint density at radius 3 is 2.65 bits per heavy atom. The smallest absolute Gasteiger partial charge is 0.310 e. The van der Waals surface area contributed by atoms with Crippen molar-refractivity contribution < 1.29 is 9.53 Å². The molecule has 6 aliphatic rings. The van der Waals surface area contributed by atoms with Gasteiger partial charge < -0.3 is 14.7 Å². The first kappa shape index (κ1) is 28.8. The van der Waals surface area contributed by atoms with E-state index in [4.69, 9.17) is 4.74 Å². The summed E-state index contributed by atoms with van der Waals surface area (Å²) in [6, 6.07) is 16.8. The second kappa shape index (κ2) is 10.8. The SMILES string of the molecule is C/C=C1/CN(C)[C@H]2Cc3c([nH]c4ccccc34)[C@H](c3ccc4c5c([nH]c4c3)[C@@H]3C[C@H]4C[C@H](CC)[C@@H]3N(CC5)C4)C[C@@H]1C2C(=O)OC. The Kier molecular flexibility index (Phi) is 6.80. The number of fused-ring (bicyclic) bond motifs is 9. The lowest BCUT2D eigenvalue weighted by Crippen LogP contribution is -2.56. The molecule has 2 aromatic heterocycles. The van der Waals surface area contributed by atoms with Gasteiger partial charge in [0.05, 0.1) is 13.0 Å². The van der Waals surface area contributed by atoms with Crippen LogP contribution >= 0.6 is 0 Å². The van der Waals surface area contributed by atoms with Crippen LogP contribution in [-0.4, -0.2) is 71.6 Å². The molecule has 2 unspecified atom stereocenters. The van der Waals surface area contributed by atoms with Crippen LogP contribution in [0.3, 0.4) is 0 Å².